The molecule has 0 spiro atoms. The molecule has 0 radical (unpaired) electrons. The molecule has 0 aliphatic rings. The second-order valence-corrected chi connectivity index (χ2v) is 7.31. The normalized spacial score (nSPS) is 10.6. The van der Waals surface area contributed by atoms with Crippen LogP contribution >= 0.6 is 0 Å². The predicted octanol–water partition coefficient (Wildman–Crippen LogP) is 4.79. The van der Waals surface area contributed by atoms with E-state index < -0.39 is 0 Å². The number of amides is 1. The molecule has 0 atom stereocenters. The number of nitrogens with zero attached hydrogens (tertiary/aromatic N) is 2. The van der Waals surface area contributed by atoms with Gasteiger partial charge in [-0.2, -0.15) is 0 Å². The van der Waals surface area contributed by atoms with Gasteiger partial charge in [0.05, 0.1) is 25.5 Å². The molecule has 0 aliphatic carbocycles. The third-order valence-electron chi connectivity index (χ3n) is 5.36. The molecule has 0 fully saturated rings. The number of rotatable bonds is 7. The highest BCUT2D eigenvalue weighted by atomic mass is 16.5. The van der Waals surface area contributed by atoms with Crippen LogP contribution in [-0.2, 0) is 6.54 Å². The van der Waals surface area contributed by atoms with Crippen LogP contribution in [0.15, 0.2) is 79.1 Å². The quantitative estimate of drug-likeness (QED) is 0.460. The number of carbonyl (C=O) groups excluding carboxylic acids is 1. The molecule has 0 bridgehead atoms. The van der Waals surface area contributed by atoms with Gasteiger partial charge < -0.3 is 19.4 Å². The summed E-state index contributed by atoms with van der Waals surface area (Å²) in [7, 11) is 3.22. The number of nitrogens with one attached hydrogen (secondary N) is 1. The Bertz CT molecular complexity index is 1220. The van der Waals surface area contributed by atoms with Gasteiger partial charge >= 0.3 is 0 Å². The molecule has 0 saturated carbocycles. The molecule has 1 amide bonds. The van der Waals surface area contributed by atoms with E-state index in [-0.39, 0.29) is 5.91 Å². The van der Waals surface area contributed by atoms with Gasteiger partial charge in [0.1, 0.15) is 0 Å². The first-order valence-corrected chi connectivity index (χ1v) is 10.3. The molecular weight excluding hydrogens is 402 g/mol. The maximum atomic E-state index is 13.1. The van der Waals surface area contributed by atoms with Crippen LogP contribution in [-0.4, -0.2) is 29.7 Å². The zero-order chi connectivity index (χ0) is 22.5. The molecule has 2 aromatic carbocycles. The standard InChI is InChI=1S/C26H25N3O3/c1-18-22(26(30)28-17-19-8-7-13-27-16-19)15-23(20-9-5-4-6-10-20)29(18)21-11-12-24(31-2)25(14-21)32-3/h4-16H,17H2,1-3H3,(H,28,30). The van der Waals surface area contributed by atoms with Crippen LogP contribution in [0.3, 0.4) is 0 Å². The van der Waals surface area contributed by atoms with Crippen LogP contribution in [0.5, 0.6) is 11.5 Å². The number of carbonyl (C=O) groups is 1. The number of pyridine rings is 1. The molecule has 2 heterocycles. The van der Waals surface area contributed by atoms with E-state index in [1.165, 1.54) is 0 Å². The van der Waals surface area contributed by atoms with Crippen LogP contribution in [0.4, 0.5) is 0 Å². The summed E-state index contributed by atoms with van der Waals surface area (Å²) >= 11 is 0. The highest BCUT2D eigenvalue weighted by molar-refractivity contribution is 5.97. The summed E-state index contributed by atoms with van der Waals surface area (Å²) in [5.74, 6) is 1.14. The van der Waals surface area contributed by atoms with Crippen molar-refractivity contribution in [2.24, 2.45) is 0 Å². The maximum absolute atomic E-state index is 13.1. The summed E-state index contributed by atoms with van der Waals surface area (Å²) in [6.45, 7) is 2.36. The zero-order valence-electron chi connectivity index (χ0n) is 18.3. The number of ether oxygens (including phenoxy) is 2. The van der Waals surface area contributed by atoms with Gasteiger partial charge in [-0.15, -0.1) is 0 Å². The molecule has 162 valence electrons. The topological polar surface area (TPSA) is 65.4 Å². The van der Waals surface area contributed by atoms with E-state index in [0.717, 1.165) is 28.2 Å². The van der Waals surface area contributed by atoms with Gasteiger partial charge in [-0.25, -0.2) is 0 Å². The minimum absolute atomic E-state index is 0.136. The minimum atomic E-state index is -0.136. The van der Waals surface area contributed by atoms with Crippen molar-refractivity contribution >= 4 is 5.91 Å². The Kier molecular flexibility index (Phi) is 6.22. The molecule has 1 N–H and O–H groups in total. The van der Waals surface area contributed by atoms with E-state index in [1.807, 2.05) is 73.7 Å². The highest BCUT2D eigenvalue weighted by Gasteiger charge is 2.20. The molecule has 6 nitrogen and oxygen atoms in total. The summed E-state index contributed by atoms with van der Waals surface area (Å²) in [6, 6.07) is 21.5. The first-order chi connectivity index (χ1) is 15.6. The molecule has 4 rings (SSSR count). The predicted molar refractivity (Wildman–Crippen MR) is 124 cm³/mol. The molecule has 6 heteroatoms. The Morgan fingerprint density at radius 2 is 1.75 bits per heavy atom. The lowest BCUT2D eigenvalue weighted by Crippen LogP contribution is -2.23. The monoisotopic (exact) mass is 427 g/mol. The number of hydrogen-bond donors (Lipinski definition) is 1. The lowest BCUT2D eigenvalue weighted by Gasteiger charge is -2.15. The van der Waals surface area contributed by atoms with Gasteiger partial charge in [0.2, 0.25) is 0 Å². The van der Waals surface area contributed by atoms with Gasteiger partial charge in [0.15, 0.2) is 11.5 Å². The zero-order valence-corrected chi connectivity index (χ0v) is 18.3. The van der Waals surface area contributed by atoms with Crippen molar-refractivity contribution in [2.75, 3.05) is 14.2 Å². The largest absolute Gasteiger partial charge is 0.493 e. The van der Waals surface area contributed by atoms with Crippen molar-refractivity contribution in [3.63, 3.8) is 0 Å². The van der Waals surface area contributed by atoms with Crippen molar-refractivity contribution in [3.8, 4) is 28.4 Å². The number of benzene rings is 2. The summed E-state index contributed by atoms with van der Waals surface area (Å²) in [4.78, 5) is 17.2. The molecule has 0 unspecified atom stereocenters. The second-order valence-electron chi connectivity index (χ2n) is 7.31. The number of methoxy groups -OCH3 is 2. The highest BCUT2D eigenvalue weighted by Crippen LogP contribution is 2.34. The van der Waals surface area contributed by atoms with Crippen LogP contribution in [0.25, 0.3) is 16.9 Å². The Labute approximate surface area is 187 Å². The smallest absolute Gasteiger partial charge is 0.253 e. The van der Waals surface area contributed by atoms with Gasteiger partial charge in [0, 0.05) is 36.4 Å². The van der Waals surface area contributed by atoms with Crippen molar-refractivity contribution in [3.05, 3.63) is 95.9 Å². The Morgan fingerprint density at radius 3 is 2.44 bits per heavy atom. The Balaban J connectivity index is 1.77. The van der Waals surface area contributed by atoms with Gasteiger partial charge in [-0.1, -0.05) is 36.4 Å². The Hall–Kier alpha value is -4.06. The third kappa shape index (κ3) is 4.21. The molecule has 4 aromatic rings. The van der Waals surface area contributed by atoms with Crippen LogP contribution < -0.4 is 14.8 Å². The number of hydrogen-bond acceptors (Lipinski definition) is 4. The fraction of sp³-hybridized carbons (Fsp3) is 0.154. The van der Waals surface area contributed by atoms with Crippen molar-refractivity contribution < 1.29 is 14.3 Å². The fourth-order valence-electron chi connectivity index (χ4n) is 3.74. The summed E-state index contributed by atoms with van der Waals surface area (Å²) in [5, 5.41) is 3.00. The molecule has 0 saturated heterocycles. The van der Waals surface area contributed by atoms with Crippen LogP contribution in [0.2, 0.25) is 0 Å². The van der Waals surface area contributed by atoms with E-state index in [0.29, 0.717) is 23.6 Å². The third-order valence-corrected chi connectivity index (χ3v) is 5.36. The number of aromatic nitrogens is 2. The van der Waals surface area contributed by atoms with Gasteiger partial charge in [0.25, 0.3) is 5.91 Å². The average Bonchev–Trinajstić information content (AvgIpc) is 3.20. The van der Waals surface area contributed by atoms with Gasteiger partial charge in [-0.05, 0) is 42.3 Å². The lowest BCUT2D eigenvalue weighted by atomic mass is 10.1. The minimum Gasteiger partial charge on any atom is -0.493 e. The first kappa shape index (κ1) is 21.2. The molecule has 2 aromatic heterocycles. The fourth-order valence-corrected chi connectivity index (χ4v) is 3.74. The SMILES string of the molecule is COc1ccc(-n2c(-c3ccccc3)cc(C(=O)NCc3cccnc3)c2C)cc1OC. The van der Waals surface area contributed by atoms with E-state index in [1.54, 1.807) is 26.6 Å². The van der Waals surface area contributed by atoms with Crippen LogP contribution in [0.1, 0.15) is 21.6 Å². The van der Waals surface area contributed by atoms with Crippen molar-refractivity contribution in [1.29, 1.82) is 0 Å². The van der Waals surface area contributed by atoms with E-state index in [4.69, 9.17) is 9.47 Å². The van der Waals surface area contributed by atoms with Crippen molar-refractivity contribution in [2.45, 2.75) is 13.5 Å². The average molecular weight is 428 g/mol. The van der Waals surface area contributed by atoms with E-state index >= 15 is 0 Å². The Morgan fingerprint density at radius 1 is 0.969 bits per heavy atom. The maximum Gasteiger partial charge on any atom is 0.253 e. The summed E-state index contributed by atoms with van der Waals surface area (Å²) < 4.78 is 13.0. The summed E-state index contributed by atoms with van der Waals surface area (Å²) in [5.41, 5.74) is 5.20. The molecule has 32 heavy (non-hydrogen) atoms. The lowest BCUT2D eigenvalue weighted by molar-refractivity contribution is 0.0950. The summed E-state index contributed by atoms with van der Waals surface area (Å²) in [6.07, 6.45) is 3.46. The first-order valence-electron chi connectivity index (χ1n) is 10.3. The molecular formula is C26H25N3O3. The van der Waals surface area contributed by atoms with E-state index in [9.17, 15) is 4.79 Å². The second kappa shape index (κ2) is 9.39. The molecule has 0 aliphatic heterocycles. The van der Waals surface area contributed by atoms with Gasteiger partial charge in [-0.3, -0.25) is 9.78 Å². The van der Waals surface area contributed by atoms with Crippen LogP contribution in [0, 0.1) is 6.92 Å². The van der Waals surface area contributed by atoms with Crippen molar-refractivity contribution in [1.82, 2.24) is 14.9 Å². The van der Waals surface area contributed by atoms with E-state index in [2.05, 4.69) is 14.9 Å².